The molecule has 0 saturated heterocycles. The molecule has 232 valence electrons. The van der Waals surface area contributed by atoms with Gasteiger partial charge in [-0.1, -0.05) is 42.5 Å². The number of nitrogens with zero attached hydrogens (tertiary/aromatic N) is 3. The highest BCUT2D eigenvalue weighted by Gasteiger charge is 2.26. The summed E-state index contributed by atoms with van der Waals surface area (Å²) in [7, 11) is -2.41. The Labute approximate surface area is 256 Å². The lowest BCUT2D eigenvalue weighted by molar-refractivity contribution is 0.0778. The third-order valence-corrected chi connectivity index (χ3v) is 8.59. The van der Waals surface area contributed by atoms with E-state index in [9.17, 15) is 27.5 Å². The molecule has 0 fully saturated rings. The van der Waals surface area contributed by atoms with Gasteiger partial charge in [0.2, 0.25) is 10.0 Å². The van der Waals surface area contributed by atoms with Crippen LogP contribution in [0.25, 0.3) is 0 Å². The van der Waals surface area contributed by atoms with Crippen molar-refractivity contribution in [2.75, 3.05) is 17.6 Å². The third kappa shape index (κ3) is 8.29. The molecule has 0 spiro atoms. The third-order valence-electron chi connectivity index (χ3n) is 7.39. The first-order valence-corrected chi connectivity index (χ1v) is 15.8. The van der Waals surface area contributed by atoms with Gasteiger partial charge in [-0.15, -0.1) is 0 Å². The van der Waals surface area contributed by atoms with Crippen LogP contribution in [0.1, 0.15) is 50.5 Å². The van der Waals surface area contributed by atoms with Gasteiger partial charge in [-0.25, -0.2) is 12.8 Å². The first kappa shape index (κ1) is 32.4. The average Bonchev–Trinajstić information content (AvgIpc) is 3.40. The van der Waals surface area contributed by atoms with Crippen LogP contribution in [0, 0.1) is 12.7 Å². The molecule has 3 aromatic carbocycles. The van der Waals surface area contributed by atoms with Crippen LogP contribution in [-0.4, -0.2) is 60.6 Å². The van der Waals surface area contributed by atoms with Gasteiger partial charge in [0.1, 0.15) is 5.82 Å². The van der Waals surface area contributed by atoms with E-state index in [1.165, 1.54) is 37.4 Å². The molecular formula is C32H36FN5O5S. The molecule has 4 aromatic rings. The van der Waals surface area contributed by atoms with E-state index in [0.29, 0.717) is 12.0 Å². The summed E-state index contributed by atoms with van der Waals surface area (Å²) in [5.41, 5.74) is 2.56. The number of hydrogen-bond donors (Lipinski definition) is 3. The van der Waals surface area contributed by atoms with Gasteiger partial charge >= 0.3 is 0 Å². The van der Waals surface area contributed by atoms with Crippen LogP contribution in [0.3, 0.4) is 0 Å². The van der Waals surface area contributed by atoms with Crippen molar-refractivity contribution in [3.63, 3.8) is 0 Å². The Kier molecular flexibility index (Phi) is 10.2. The molecule has 0 aliphatic rings. The minimum absolute atomic E-state index is 0.0260. The molecule has 10 nitrogen and oxygen atoms in total. The zero-order valence-corrected chi connectivity index (χ0v) is 25.8. The van der Waals surface area contributed by atoms with Crippen molar-refractivity contribution in [3.05, 3.63) is 119 Å². The van der Waals surface area contributed by atoms with E-state index in [2.05, 4.69) is 15.7 Å². The normalized spacial score (nSPS) is 13.5. The Bertz CT molecular complexity index is 1710. The largest absolute Gasteiger partial charge is 0.389 e. The van der Waals surface area contributed by atoms with Gasteiger partial charge < -0.3 is 15.7 Å². The second kappa shape index (κ2) is 13.8. The van der Waals surface area contributed by atoms with E-state index in [1.54, 1.807) is 29.9 Å². The molecule has 44 heavy (non-hydrogen) atoms. The Morgan fingerprint density at radius 3 is 2.16 bits per heavy atom. The molecule has 0 unspecified atom stereocenters. The van der Waals surface area contributed by atoms with Crippen molar-refractivity contribution in [1.29, 1.82) is 0 Å². The number of rotatable bonds is 12. The quantitative estimate of drug-likeness (QED) is 0.221. The first-order valence-electron chi connectivity index (χ1n) is 14.0. The number of aliphatic hydroxyl groups excluding tert-OH is 1. The summed E-state index contributed by atoms with van der Waals surface area (Å²) in [5, 5.41) is 21.2. The number of amides is 2. The minimum Gasteiger partial charge on any atom is -0.389 e. The van der Waals surface area contributed by atoms with Crippen molar-refractivity contribution < 1.29 is 27.5 Å². The number of hydrogen-bond acceptors (Lipinski definition) is 6. The smallest absolute Gasteiger partial charge is 0.251 e. The van der Waals surface area contributed by atoms with E-state index in [1.807, 2.05) is 43.3 Å². The summed E-state index contributed by atoms with van der Waals surface area (Å²) < 4.78 is 40.8. The number of aromatic nitrogens is 2. The fourth-order valence-electron chi connectivity index (χ4n) is 4.66. The van der Waals surface area contributed by atoms with Crippen LogP contribution >= 0.6 is 0 Å². The molecule has 1 aromatic heterocycles. The number of aliphatic hydroxyl groups is 1. The Hall–Kier alpha value is -4.55. The number of anilines is 1. The molecular weight excluding hydrogens is 585 g/mol. The van der Waals surface area contributed by atoms with Gasteiger partial charge in [0.25, 0.3) is 11.8 Å². The molecule has 0 aliphatic carbocycles. The Morgan fingerprint density at radius 1 is 0.977 bits per heavy atom. The SMILES string of the molecule is Cc1ccnn1C[C@H](O)[C@H](Cc1ccccc1)NC(=O)c1cc(C(=O)N[C@H](C)c2ccc(F)cc2)cc(N(C)S(C)(=O)=O)c1. The van der Waals surface area contributed by atoms with Crippen LogP contribution in [0.5, 0.6) is 0 Å². The summed E-state index contributed by atoms with van der Waals surface area (Å²) in [6, 6.07) is 19.7. The van der Waals surface area contributed by atoms with E-state index in [-0.39, 0.29) is 23.4 Å². The lowest BCUT2D eigenvalue weighted by Gasteiger charge is -2.25. The number of carbonyl (C=O) groups is 2. The topological polar surface area (TPSA) is 134 Å². The fraction of sp³-hybridized carbons (Fsp3) is 0.281. The van der Waals surface area contributed by atoms with Gasteiger partial charge in [0, 0.05) is 30.1 Å². The van der Waals surface area contributed by atoms with Crippen LogP contribution in [0.15, 0.2) is 85.1 Å². The van der Waals surface area contributed by atoms with Gasteiger partial charge in [-0.3, -0.25) is 18.6 Å². The Morgan fingerprint density at radius 2 is 1.59 bits per heavy atom. The molecule has 0 aliphatic heterocycles. The summed E-state index contributed by atoms with van der Waals surface area (Å²) >= 11 is 0. The highest BCUT2D eigenvalue weighted by atomic mass is 32.2. The number of nitrogens with one attached hydrogen (secondary N) is 2. The standard InChI is InChI=1S/C32H36FN5O5S/c1-21-14-15-34-38(21)20-30(39)29(16-23-8-6-5-7-9-23)36-32(41)26-17-25(18-28(19-26)37(3)44(4,42)43)31(40)35-22(2)24-10-12-27(33)13-11-24/h5-15,17-19,22,29-30,39H,16,20H2,1-4H3,(H,35,40)(H,36,41)/t22-,29+,30+/m1/s1. The van der Waals surface area contributed by atoms with Crippen molar-refractivity contribution in [2.24, 2.45) is 0 Å². The molecule has 1 heterocycles. The average molecular weight is 622 g/mol. The van der Waals surface area contributed by atoms with E-state index < -0.39 is 45.8 Å². The minimum atomic E-state index is -3.74. The summed E-state index contributed by atoms with van der Waals surface area (Å²) in [6.07, 6.45) is 1.91. The number of carbonyl (C=O) groups excluding carboxylic acids is 2. The molecule has 0 bridgehead atoms. The summed E-state index contributed by atoms with van der Waals surface area (Å²) in [5.74, 6) is -1.57. The van der Waals surface area contributed by atoms with Gasteiger partial charge in [0.15, 0.2) is 0 Å². The summed E-state index contributed by atoms with van der Waals surface area (Å²) in [6.45, 7) is 3.71. The van der Waals surface area contributed by atoms with Gasteiger partial charge in [-0.05, 0) is 67.8 Å². The number of benzene rings is 3. The monoisotopic (exact) mass is 621 g/mol. The van der Waals surface area contributed by atoms with Crippen LogP contribution in [0.4, 0.5) is 10.1 Å². The molecule has 2 amide bonds. The number of aryl methyl sites for hydroxylation is 1. The predicted octanol–water partition coefficient (Wildman–Crippen LogP) is 3.62. The number of halogens is 1. The maximum atomic E-state index is 13.7. The first-order chi connectivity index (χ1) is 20.8. The number of sulfonamides is 1. The molecule has 3 N–H and O–H groups in total. The van der Waals surface area contributed by atoms with Crippen LogP contribution in [0.2, 0.25) is 0 Å². The van der Waals surface area contributed by atoms with Crippen molar-refractivity contribution >= 4 is 27.5 Å². The fourth-order valence-corrected chi connectivity index (χ4v) is 5.15. The highest BCUT2D eigenvalue weighted by molar-refractivity contribution is 7.92. The zero-order valence-electron chi connectivity index (χ0n) is 24.9. The second-order valence-corrected chi connectivity index (χ2v) is 12.8. The zero-order chi connectivity index (χ0) is 32.0. The summed E-state index contributed by atoms with van der Waals surface area (Å²) in [4.78, 5) is 27.1. The van der Waals surface area contributed by atoms with Gasteiger partial charge in [-0.2, -0.15) is 5.10 Å². The van der Waals surface area contributed by atoms with E-state index in [4.69, 9.17) is 0 Å². The predicted molar refractivity (Wildman–Crippen MR) is 166 cm³/mol. The van der Waals surface area contributed by atoms with Crippen LogP contribution in [-0.2, 0) is 23.0 Å². The van der Waals surface area contributed by atoms with Crippen molar-refractivity contribution in [2.45, 2.75) is 45.0 Å². The highest BCUT2D eigenvalue weighted by Crippen LogP contribution is 2.23. The molecule has 12 heteroatoms. The Balaban J connectivity index is 1.64. The lowest BCUT2D eigenvalue weighted by Crippen LogP contribution is -2.46. The lowest BCUT2D eigenvalue weighted by atomic mass is 10.00. The maximum Gasteiger partial charge on any atom is 0.251 e. The van der Waals surface area contributed by atoms with Crippen LogP contribution < -0.4 is 14.9 Å². The second-order valence-electron chi connectivity index (χ2n) is 10.7. The van der Waals surface area contributed by atoms with E-state index >= 15 is 0 Å². The van der Waals surface area contributed by atoms with E-state index in [0.717, 1.165) is 21.8 Å². The molecule has 0 radical (unpaired) electrons. The van der Waals surface area contributed by atoms with Crippen molar-refractivity contribution in [3.8, 4) is 0 Å². The molecule has 4 rings (SSSR count). The molecule has 0 saturated carbocycles. The van der Waals surface area contributed by atoms with Gasteiger partial charge in [0.05, 0.1) is 36.7 Å². The molecule has 3 atom stereocenters. The van der Waals surface area contributed by atoms with Crippen molar-refractivity contribution in [1.82, 2.24) is 20.4 Å². The maximum absolute atomic E-state index is 13.7.